The van der Waals surface area contributed by atoms with Gasteiger partial charge >= 0.3 is 0 Å². The zero-order valence-electron chi connectivity index (χ0n) is 13.8. The Morgan fingerprint density at radius 1 is 1.50 bits per heavy atom. The Labute approximate surface area is 140 Å². The third-order valence-electron chi connectivity index (χ3n) is 4.08. The zero-order chi connectivity index (χ0) is 17.1. The molecule has 6 nitrogen and oxygen atoms in total. The van der Waals surface area contributed by atoms with Crippen LogP contribution in [0.3, 0.4) is 0 Å². The van der Waals surface area contributed by atoms with Gasteiger partial charge in [-0.05, 0) is 17.7 Å². The molecule has 2 aromatic rings. The van der Waals surface area contributed by atoms with Gasteiger partial charge < -0.3 is 4.74 Å². The molecule has 0 saturated carbocycles. The van der Waals surface area contributed by atoms with Crippen LogP contribution in [0.2, 0.25) is 0 Å². The minimum absolute atomic E-state index is 0.176. The van der Waals surface area contributed by atoms with Gasteiger partial charge in [0.25, 0.3) is 0 Å². The Kier molecular flexibility index (Phi) is 4.88. The van der Waals surface area contributed by atoms with Gasteiger partial charge in [0.2, 0.25) is 0 Å². The van der Waals surface area contributed by atoms with E-state index in [-0.39, 0.29) is 12.0 Å². The summed E-state index contributed by atoms with van der Waals surface area (Å²) in [5.74, 6) is 1.36. The smallest absolute Gasteiger partial charge is 0.155 e. The molecule has 1 aliphatic rings. The molecule has 1 aromatic heterocycles. The molecule has 0 radical (unpaired) electrons. The maximum absolute atomic E-state index is 13.3. The fourth-order valence-electron chi connectivity index (χ4n) is 2.73. The standard InChI is InChI=1S/C17H20FN5O/c1-11(2)16-20-17(22-21-16)15-10-23(5-6-24-15)9-12-3-4-14(18)7-13(12)8-19/h3-4,7,11,15H,5-6,9-10H2,1-2H3,(H,20,21,22)/t15-/m1/s1. The van der Waals surface area contributed by atoms with Crippen LogP contribution in [0.15, 0.2) is 18.2 Å². The minimum Gasteiger partial charge on any atom is -0.368 e. The highest BCUT2D eigenvalue weighted by molar-refractivity contribution is 5.37. The van der Waals surface area contributed by atoms with Crippen molar-refractivity contribution < 1.29 is 9.13 Å². The largest absolute Gasteiger partial charge is 0.368 e. The highest BCUT2D eigenvalue weighted by atomic mass is 19.1. The van der Waals surface area contributed by atoms with Crippen molar-refractivity contribution in [2.75, 3.05) is 19.7 Å². The second kappa shape index (κ2) is 7.07. The second-order valence-electron chi connectivity index (χ2n) is 6.24. The highest BCUT2D eigenvalue weighted by Gasteiger charge is 2.25. The molecule has 1 N–H and O–H groups in total. The highest BCUT2D eigenvalue weighted by Crippen LogP contribution is 2.23. The van der Waals surface area contributed by atoms with Crippen molar-refractivity contribution in [3.8, 4) is 6.07 Å². The lowest BCUT2D eigenvalue weighted by Crippen LogP contribution is -2.38. The summed E-state index contributed by atoms with van der Waals surface area (Å²) in [7, 11) is 0. The first-order valence-electron chi connectivity index (χ1n) is 8.01. The number of nitrogens with one attached hydrogen (secondary N) is 1. The lowest BCUT2D eigenvalue weighted by Gasteiger charge is -2.32. The van der Waals surface area contributed by atoms with Gasteiger partial charge in [0.15, 0.2) is 11.6 Å². The van der Waals surface area contributed by atoms with E-state index in [0.717, 1.165) is 23.8 Å². The van der Waals surface area contributed by atoms with Gasteiger partial charge in [0.05, 0.1) is 18.2 Å². The van der Waals surface area contributed by atoms with Crippen LogP contribution >= 0.6 is 0 Å². The molecule has 1 fully saturated rings. The predicted molar refractivity (Wildman–Crippen MR) is 85.6 cm³/mol. The maximum atomic E-state index is 13.3. The van der Waals surface area contributed by atoms with Crippen molar-refractivity contribution >= 4 is 0 Å². The van der Waals surface area contributed by atoms with Crippen LogP contribution in [-0.4, -0.2) is 39.8 Å². The summed E-state index contributed by atoms with van der Waals surface area (Å²) in [6.45, 7) is 6.64. The first kappa shape index (κ1) is 16.6. The number of ether oxygens (including phenoxy) is 1. The van der Waals surface area contributed by atoms with Gasteiger partial charge in [0.1, 0.15) is 11.9 Å². The molecular weight excluding hydrogens is 309 g/mol. The molecule has 126 valence electrons. The van der Waals surface area contributed by atoms with Crippen LogP contribution in [0.4, 0.5) is 4.39 Å². The van der Waals surface area contributed by atoms with Crippen LogP contribution in [0.25, 0.3) is 0 Å². The number of aromatic nitrogens is 3. The summed E-state index contributed by atoms with van der Waals surface area (Å²) < 4.78 is 19.1. The fourth-order valence-corrected chi connectivity index (χ4v) is 2.73. The molecule has 1 aromatic carbocycles. The molecule has 1 atom stereocenters. The van der Waals surface area contributed by atoms with E-state index in [4.69, 9.17) is 4.74 Å². The van der Waals surface area contributed by atoms with Gasteiger partial charge in [-0.3, -0.25) is 10.00 Å². The summed E-state index contributed by atoms with van der Waals surface area (Å²) in [4.78, 5) is 6.68. The van der Waals surface area contributed by atoms with E-state index in [1.165, 1.54) is 12.1 Å². The molecule has 7 heteroatoms. The number of benzene rings is 1. The van der Waals surface area contributed by atoms with E-state index in [0.29, 0.717) is 25.3 Å². The normalized spacial score (nSPS) is 18.7. The minimum atomic E-state index is -0.391. The van der Waals surface area contributed by atoms with Crippen LogP contribution in [-0.2, 0) is 11.3 Å². The number of H-pyrrole nitrogens is 1. The number of hydrogen-bond donors (Lipinski definition) is 1. The molecule has 0 unspecified atom stereocenters. The number of aromatic amines is 1. The van der Waals surface area contributed by atoms with Crippen molar-refractivity contribution in [2.45, 2.75) is 32.4 Å². The average molecular weight is 329 g/mol. The summed E-state index contributed by atoms with van der Waals surface area (Å²) in [5.41, 5.74) is 1.19. The zero-order valence-corrected chi connectivity index (χ0v) is 13.8. The van der Waals surface area contributed by atoms with E-state index in [2.05, 4.69) is 26.2 Å². The number of halogens is 1. The van der Waals surface area contributed by atoms with E-state index < -0.39 is 5.82 Å². The molecule has 0 aliphatic carbocycles. The molecule has 1 saturated heterocycles. The number of nitriles is 1. The molecule has 0 amide bonds. The Balaban J connectivity index is 1.71. The summed E-state index contributed by atoms with van der Waals surface area (Å²) >= 11 is 0. The average Bonchev–Trinajstić information content (AvgIpc) is 3.07. The first-order valence-corrected chi connectivity index (χ1v) is 8.01. The monoisotopic (exact) mass is 329 g/mol. The number of morpholine rings is 1. The van der Waals surface area contributed by atoms with Crippen molar-refractivity contribution in [1.29, 1.82) is 5.26 Å². The molecule has 3 rings (SSSR count). The topological polar surface area (TPSA) is 77.8 Å². The third kappa shape index (κ3) is 3.61. The summed E-state index contributed by atoms with van der Waals surface area (Å²) in [6, 6.07) is 6.39. The Hall–Kier alpha value is -2.30. The Morgan fingerprint density at radius 2 is 2.33 bits per heavy atom. The van der Waals surface area contributed by atoms with Gasteiger partial charge in [-0.25, -0.2) is 9.37 Å². The van der Waals surface area contributed by atoms with E-state index >= 15 is 0 Å². The van der Waals surface area contributed by atoms with Gasteiger partial charge in [0, 0.05) is 25.6 Å². The van der Waals surface area contributed by atoms with Crippen molar-refractivity contribution in [2.24, 2.45) is 0 Å². The molecule has 2 heterocycles. The van der Waals surface area contributed by atoms with Crippen molar-refractivity contribution in [3.05, 3.63) is 46.8 Å². The molecular formula is C17H20FN5O. The first-order chi connectivity index (χ1) is 11.6. The van der Waals surface area contributed by atoms with Crippen LogP contribution < -0.4 is 0 Å². The van der Waals surface area contributed by atoms with Gasteiger partial charge in [-0.1, -0.05) is 19.9 Å². The van der Waals surface area contributed by atoms with Crippen LogP contribution in [0.1, 0.15) is 48.6 Å². The number of hydrogen-bond acceptors (Lipinski definition) is 5. The maximum Gasteiger partial charge on any atom is 0.155 e. The van der Waals surface area contributed by atoms with Crippen molar-refractivity contribution in [3.63, 3.8) is 0 Å². The van der Waals surface area contributed by atoms with Crippen molar-refractivity contribution in [1.82, 2.24) is 20.1 Å². The van der Waals surface area contributed by atoms with Gasteiger partial charge in [-0.15, -0.1) is 0 Å². The number of nitrogens with zero attached hydrogens (tertiary/aromatic N) is 4. The molecule has 24 heavy (non-hydrogen) atoms. The van der Waals surface area contributed by atoms with E-state index in [9.17, 15) is 9.65 Å². The Bertz CT molecular complexity index is 752. The summed E-state index contributed by atoms with van der Waals surface area (Å²) in [5, 5.41) is 16.3. The lowest BCUT2D eigenvalue weighted by atomic mass is 10.1. The van der Waals surface area contributed by atoms with Gasteiger partial charge in [-0.2, -0.15) is 10.4 Å². The van der Waals surface area contributed by atoms with E-state index in [1.54, 1.807) is 6.07 Å². The molecule has 0 spiro atoms. The number of rotatable bonds is 4. The second-order valence-corrected chi connectivity index (χ2v) is 6.24. The Morgan fingerprint density at radius 3 is 3.04 bits per heavy atom. The fraction of sp³-hybridized carbons (Fsp3) is 0.471. The quantitative estimate of drug-likeness (QED) is 0.932. The summed E-state index contributed by atoms with van der Waals surface area (Å²) in [6.07, 6.45) is -0.176. The molecule has 0 bridgehead atoms. The van der Waals surface area contributed by atoms with E-state index in [1.807, 2.05) is 13.8 Å². The molecule has 1 aliphatic heterocycles. The van der Waals surface area contributed by atoms with Crippen LogP contribution in [0, 0.1) is 17.1 Å². The lowest BCUT2D eigenvalue weighted by molar-refractivity contribution is -0.0371. The predicted octanol–water partition coefficient (Wildman–Crippen LogP) is 2.51. The van der Waals surface area contributed by atoms with Crippen LogP contribution in [0.5, 0.6) is 0 Å². The SMILES string of the molecule is CC(C)c1n[nH]c([C@H]2CN(Cc3ccc(F)cc3C#N)CCO2)n1. The third-order valence-corrected chi connectivity index (χ3v) is 4.08.